The van der Waals surface area contributed by atoms with Gasteiger partial charge < -0.3 is 10.1 Å². The van der Waals surface area contributed by atoms with Gasteiger partial charge in [0.15, 0.2) is 0 Å². The number of anilines is 1. The lowest BCUT2D eigenvalue weighted by Crippen LogP contribution is -2.37. The summed E-state index contributed by atoms with van der Waals surface area (Å²) < 4.78 is 7.04. The molecule has 0 radical (unpaired) electrons. The van der Waals surface area contributed by atoms with Gasteiger partial charge in [-0.25, -0.2) is 4.68 Å². The Labute approximate surface area is 114 Å². The summed E-state index contributed by atoms with van der Waals surface area (Å²) in [5.74, 6) is 1.27. The zero-order chi connectivity index (χ0) is 14.0. The van der Waals surface area contributed by atoms with Crippen LogP contribution in [0.5, 0.6) is 0 Å². The number of hydrogen-bond acceptors (Lipinski definition) is 4. The van der Waals surface area contributed by atoms with Crippen molar-refractivity contribution in [1.29, 1.82) is 0 Å². The van der Waals surface area contributed by atoms with Crippen molar-refractivity contribution >= 4 is 11.8 Å². The van der Waals surface area contributed by atoms with E-state index in [2.05, 4.69) is 30.3 Å². The molecule has 0 amide bonds. The lowest BCUT2D eigenvalue weighted by molar-refractivity contribution is -0.149. The molecule has 2 rings (SSSR count). The van der Waals surface area contributed by atoms with Crippen LogP contribution >= 0.6 is 0 Å². The van der Waals surface area contributed by atoms with Crippen molar-refractivity contribution in [3.63, 3.8) is 0 Å². The van der Waals surface area contributed by atoms with Crippen LogP contribution in [0.25, 0.3) is 0 Å². The van der Waals surface area contributed by atoms with Gasteiger partial charge >= 0.3 is 5.97 Å². The topological polar surface area (TPSA) is 56.1 Å². The van der Waals surface area contributed by atoms with Gasteiger partial charge in [0, 0.05) is 12.6 Å². The van der Waals surface area contributed by atoms with Crippen molar-refractivity contribution in [1.82, 2.24) is 9.78 Å². The minimum Gasteiger partial charge on any atom is -0.466 e. The van der Waals surface area contributed by atoms with Crippen LogP contribution in [0.4, 0.5) is 5.82 Å². The highest BCUT2D eigenvalue weighted by Gasteiger charge is 2.33. The summed E-state index contributed by atoms with van der Waals surface area (Å²) in [7, 11) is 0. The number of ether oxygens (including phenoxy) is 1. The van der Waals surface area contributed by atoms with Crippen molar-refractivity contribution < 1.29 is 9.53 Å². The van der Waals surface area contributed by atoms with E-state index in [0.29, 0.717) is 19.1 Å². The van der Waals surface area contributed by atoms with Crippen LogP contribution in [0.3, 0.4) is 0 Å². The molecule has 2 unspecified atom stereocenters. The third-order valence-electron chi connectivity index (χ3n) is 3.46. The highest BCUT2D eigenvalue weighted by Crippen LogP contribution is 2.29. The molecule has 5 heteroatoms. The molecule has 1 N–H and O–H groups in total. The number of carbonyl (C=O) groups is 1. The summed E-state index contributed by atoms with van der Waals surface area (Å²) in [5.41, 5.74) is 1.08. The van der Waals surface area contributed by atoms with Crippen LogP contribution in [0, 0.1) is 11.8 Å². The van der Waals surface area contributed by atoms with E-state index >= 15 is 0 Å². The fourth-order valence-corrected chi connectivity index (χ4v) is 2.49. The standard InChI is InChI=1S/C14H23N3O2/c1-5-19-14(18)12-8-15-13-7-11(6-9(2)3)16-17(13)10(12)4/h7,9-10,12,15H,5-6,8H2,1-4H3. The van der Waals surface area contributed by atoms with Crippen LogP contribution in [-0.2, 0) is 16.0 Å². The molecule has 0 aromatic carbocycles. The Kier molecular flexibility index (Phi) is 4.12. The lowest BCUT2D eigenvalue weighted by atomic mass is 10.00. The molecule has 0 aliphatic carbocycles. The number of nitrogens with zero attached hydrogens (tertiary/aromatic N) is 2. The molecule has 5 nitrogen and oxygen atoms in total. The third kappa shape index (κ3) is 2.91. The summed E-state index contributed by atoms with van der Waals surface area (Å²) in [5, 5.41) is 7.89. The Bertz CT molecular complexity index is 454. The third-order valence-corrected chi connectivity index (χ3v) is 3.46. The zero-order valence-corrected chi connectivity index (χ0v) is 12.1. The molecule has 1 aromatic heterocycles. The largest absolute Gasteiger partial charge is 0.466 e. The smallest absolute Gasteiger partial charge is 0.312 e. The number of aromatic nitrogens is 2. The summed E-state index contributed by atoms with van der Waals surface area (Å²) in [6.07, 6.45) is 0.957. The predicted octanol–water partition coefficient (Wildman–Crippen LogP) is 2.25. The molecular weight excluding hydrogens is 242 g/mol. The summed E-state index contributed by atoms with van der Waals surface area (Å²) in [6, 6.07) is 2.12. The van der Waals surface area contributed by atoms with Crippen LogP contribution < -0.4 is 5.32 Å². The molecule has 1 aromatic rings. The molecule has 2 heterocycles. The predicted molar refractivity (Wildman–Crippen MR) is 74.1 cm³/mol. The van der Waals surface area contributed by atoms with E-state index in [0.717, 1.165) is 17.9 Å². The van der Waals surface area contributed by atoms with Crippen molar-refractivity contribution in [3.8, 4) is 0 Å². The monoisotopic (exact) mass is 265 g/mol. The van der Waals surface area contributed by atoms with Crippen molar-refractivity contribution in [2.45, 2.75) is 40.2 Å². The highest BCUT2D eigenvalue weighted by molar-refractivity contribution is 5.74. The molecule has 0 fully saturated rings. The van der Waals surface area contributed by atoms with Gasteiger partial charge in [-0.2, -0.15) is 5.10 Å². The van der Waals surface area contributed by atoms with Crippen molar-refractivity contribution in [3.05, 3.63) is 11.8 Å². The fraction of sp³-hybridized carbons (Fsp3) is 0.714. The first-order chi connectivity index (χ1) is 9.02. The minimum absolute atomic E-state index is 0.0382. The quantitative estimate of drug-likeness (QED) is 0.848. The molecular formula is C14H23N3O2. The molecule has 0 saturated carbocycles. The first-order valence-corrected chi connectivity index (χ1v) is 7.01. The minimum atomic E-state index is -0.167. The molecule has 0 saturated heterocycles. The molecule has 0 spiro atoms. The van der Waals surface area contributed by atoms with Crippen LogP contribution in [-0.4, -0.2) is 28.9 Å². The number of fused-ring (bicyclic) bond motifs is 1. The molecule has 19 heavy (non-hydrogen) atoms. The van der Waals surface area contributed by atoms with Crippen LogP contribution in [0.15, 0.2) is 6.07 Å². The van der Waals surface area contributed by atoms with E-state index in [9.17, 15) is 4.79 Å². The Morgan fingerprint density at radius 3 is 3.00 bits per heavy atom. The fourth-order valence-electron chi connectivity index (χ4n) is 2.49. The lowest BCUT2D eigenvalue weighted by Gasteiger charge is -2.29. The van der Waals surface area contributed by atoms with Gasteiger partial charge in [0.05, 0.1) is 24.3 Å². The van der Waals surface area contributed by atoms with Gasteiger partial charge in [0.2, 0.25) is 0 Å². The number of esters is 1. The van der Waals surface area contributed by atoms with Gasteiger partial charge in [0.1, 0.15) is 5.82 Å². The van der Waals surface area contributed by atoms with E-state index in [4.69, 9.17) is 4.74 Å². The highest BCUT2D eigenvalue weighted by atomic mass is 16.5. The van der Waals surface area contributed by atoms with E-state index in [1.165, 1.54) is 0 Å². The number of nitrogens with one attached hydrogen (secondary N) is 1. The van der Waals surface area contributed by atoms with E-state index < -0.39 is 0 Å². The van der Waals surface area contributed by atoms with Gasteiger partial charge in [0.25, 0.3) is 0 Å². The number of carbonyl (C=O) groups excluding carboxylic acids is 1. The SMILES string of the molecule is CCOC(=O)C1CNc2cc(CC(C)C)nn2C1C. The van der Waals surface area contributed by atoms with Crippen molar-refractivity contribution in [2.24, 2.45) is 11.8 Å². The first kappa shape index (κ1) is 13.9. The first-order valence-electron chi connectivity index (χ1n) is 7.01. The molecule has 106 valence electrons. The van der Waals surface area contributed by atoms with Gasteiger partial charge in [-0.15, -0.1) is 0 Å². The average molecular weight is 265 g/mol. The number of rotatable bonds is 4. The molecule has 1 aliphatic rings. The maximum atomic E-state index is 11.9. The van der Waals surface area contributed by atoms with Crippen molar-refractivity contribution in [2.75, 3.05) is 18.5 Å². The second-order valence-corrected chi connectivity index (χ2v) is 5.54. The Hall–Kier alpha value is -1.52. The van der Waals surface area contributed by atoms with E-state index in [1.807, 2.05) is 18.5 Å². The van der Waals surface area contributed by atoms with Crippen LogP contribution in [0.2, 0.25) is 0 Å². The van der Waals surface area contributed by atoms with Gasteiger partial charge in [-0.05, 0) is 26.2 Å². The summed E-state index contributed by atoms with van der Waals surface area (Å²) >= 11 is 0. The Morgan fingerprint density at radius 2 is 2.37 bits per heavy atom. The summed E-state index contributed by atoms with van der Waals surface area (Å²) in [4.78, 5) is 11.9. The van der Waals surface area contributed by atoms with Gasteiger partial charge in [-0.3, -0.25) is 4.79 Å². The Morgan fingerprint density at radius 1 is 1.63 bits per heavy atom. The molecule has 0 bridgehead atoms. The Balaban J connectivity index is 2.16. The second kappa shape index (κ2) is 5.63. The number of hydrogen-bond donors (Lipinski definition) is 1. The van der Waals surface area contributed by atoms with E-state index in [1.54, 1.807) is 0 Å². The molecule has 1 aliphatic heterocycles. The zero-order valence-electron chi connectivity index (χ0n) is 12.1. The average Bonchev–Trinajstić information content (AvgIpc) is 2.72. The maximum Gasteiger partial charge on any atom is 0.312 e. The summed E-state index contributed by atoms with van der Waals surface area (Å²) in [6.45, 7) is 9.25. The molecule has 2 atom stereocenters. The normalized spacial score (nSPS) is 21.9. The maximum absolute atomic E-state index is 11.9. The van der Waals surface area contributed by atoms with Gasteiger partial charge in [-0.1, -0.05) is 13.8 Å². The second-order valence-electron chi connectivity index (χ2n) is 5.54. The van der Waals surface area contributed by atoms with Crippen LogP contribution in [0.1, 0.15) is 39.4 Å². The van der Waals surface area contributed by atoms with E-state index in [-0.39, 0.29) is 17.9 Å².